The predicted molar refractivity (Wildman–Crippen MR) is 132 cm³/mol. The van der Waals surface area contributed by atoms with Gasteiger partial charge in [-0.15, -0.1) is 0 Å². The van der Waals surface area contributed by atoms with Gasteiger partial charge in [-0.3, -0.25) is 9.59 Å². The minimum atomic E-state index is -0.630. The van der Waals surface area contributed by atoms with Gasteiger partial charge in [0.25, 0.3) is 5.91 Å². The van der Waals surface area contributed by atoms with Gasteiger partial charge in [0.2, 0.25) is 0 Å². The number of likely N-dealkylation sites (N-methyl/N-ethyl adjacent to an activating group) is 1. The molecular weight excluding hydrogens is 414 g/mol. The zero-order valence-electron chi connectivity index (χ0n) is 20.1. The van der Waals surface area contributed by atoms with Gasteiger partial charge in [-0.25, -0.2) is 5.43 Å². The van der Waals surface area contributed by atoms with E-state index in [4.69, 9.17) is 4.74 Å². The number of carbonyl (C=O) groups is 2. The molecule has 0 fully saturated rings. The fourth-order valence-electron chi connectivity index (χ4n) is 4.31. The largest absolute Gasteiger partial charge is 0.460 e. The van der Waals surface area contributed by atoms with Gasteiger partial charge >= 0.3 is 5.97 Å². The van der Waals surface area contributed by atoms with Crippen LogP contribution in [0.25, 0.3) is 0 Å². The molecule has 0 saturated carbocycles. The Morgan fingerprint density at radius 2 is 1.76 bits per heavy atom. The number of benzene rings is 2. The number of anilines is 1. The van der Waals surface area contributed by atoms with Crippen LogP contribution in [-0.2, 0) is 26.2 Å². The smallest absolute Gasteiger partial charge is 0.315 e. The van der Waals surface area contributed by atoms with Crippen LogP contribution in [-0.4, -0.2) is 30.2 Å². The zero-order valence-corrected chi connectivity index (χ0v) is 20.1. The van der Waals surface area contributed by atoms with Crippen molar-refractivity contribution in [3.05, 3.63) is 77.5 Å². The van der Waals surface area contributed by atoms with Crippen molar-refractivity contribution >= 4 is 23.8 Å². The normalized spacial score (nSPS) is 19.1. The molecule has 6 nitrogen and oxygen atoms in total. The summed E-state index contributed by atoms with van der Waals surface area (Å²) in [5.74, 6) is -1.08. The van der Waals surface area contributed by atoms with E-state index in [0.29, 0.717) is 0 Å². The average molecular weight is 448 g/mol. The van der Waals surface area contributed by atoms with E-state index in [-0.39, 0.29) is 11.8 Å². The number of fused-ring (bicyclic) bond motifs is 1. The SMILES string of the molecule is CCN1/C(=C\C=N\NC(=O)CC(=O)OC(C)(C)C)C(C)(Cc2ccccc2)c2ccccc21. The standard InChI is InChI=1S/C27H33N3O3/c1-6-30-22-15-11-10-14-21(22)27(5,19-20-12-8-7-9-13-20)23(30)16-17-28-29-24(31)18-25(32)33-26(2,3)4/h7-17H,6,18-19H2,1-5H3,(H,29,31)/b23-16-,28-17+. The van der Waals surface area contributed by atoms with Gasteiger partial charge in [-0.2, -0.15) is 5.10 Å². The Labute approximate surface area is 196 Å². The lowest BCUT2D eigenvalue weighted by atomic mass is 9.76. The highest BCUT2D eigenvalue weighted by atomic mass is 16.6. The molecule has 1 heterocycles. The average Bonchev–Trinajstić information content (AvgIpc) is 2.98. The summed E-state index contributed by atoms with van der Waals surface area (Å²) in [5.41, 5.74) is 6.36. The number of hydrazone groups is 1. The van der Waals surface area contributed by atoms with Crippen LogP contribution >= 0.6 is 0 Å². The van der Waals surface area contributed by atoms with Gasteiger partial charge in [0.05, 0.1) is 0 Å². The first-order chi connectivity index (χ1) is 15.6. The Kier molecular flexibility index (Phi) is 7.36. The van der Waals surface area contributed by atoms with E-state index in [2.05, 4.69) is 77.8 Å². The van der Waals surface area contributed by atoms with Crippen molar-refractivity contribution < 1.29 is 14.3 Å². The third-order valence-electron chi connectivity index (χ3n) is 5.58. The summed E-state index contributed by atoms with van der Waals surface area (Å²) in [5, 5.41) is 4.05. The number of nitrogens with one attached hydrogen (secondary N) is 1. The van der Waals surface area contributed by atoms with Crippen LogP contribution in [0.2, 0.25) is 0 Å². The molecule has 2 aromatic carbocycles. The minimum absolute atomic E-state index is 0.250. The summed E-state index contributed by atoms with van der Waals surface area (Å²) in [6.45, 7) is 10.5. The number of nitrogens with zero attached hydrogens (tertiary/aromatic N) is 2. The van der Waals surface area contributed by atoms with E-state index < -0.39 is 17.5 Å². The molecule has 0 aromatic heterocycles. The van der Waals surface area contributed by atoms with Gasteiger partial charge in [-0.1, -0.05) is 48.5 Å². The van der Waals surface area contributed by atoms with Crippen LogP contribution in [0.1, 0.15) is 52.2 Å². The van der Waals surface area contributed by atoms with E-state index in [1.54, 1.807) is 27.0 Å². The fourth-order valence-corrected chi connectivity index (χ4v) is 4.31. The van der Waals surface area contributed by atoms with Gasteiger partial charge in [-0.05, 0) is 64.3 Å². The van der Waals surface area contributed by atoms with E-state index in [1.807, 2.05) is 12.1 Å². The Morgan fingerprint density at radius 3 is 2.42 bits per heavy atom. The van der Waals surface area contributed by atoms with Crippen molar-refractivity contribution in [3.63, 3.8) is 0 Å². The Morgan fingerprint density at radius 1 is 1.09 bits per heavy atom. The molecule has 0 radical (unpaired) electrons. The number of hydrogen-bond acceptors (Lipinski definition) is 5. The second-order valence-electron chi connectivity index (χ2n) is 9.38. The van der Waals surface area contributed by atoms with Gasteiger partial charge in [0, 0.05) is 29.6 Å². The molecule has 1 unspecified atom stereocenters. The maximum atomic E-state index is 12.0. The monoisotopic (exact) mass is 447 g/mol. The van der Waals surface area contributed by atoms with Crippen molar-refractivity contribution in [2.45, 2.75) is 58.5 Å². The molecule has 174 valence electrons. The molecule has 0 bridgehead atoms. The molecule has 1 aliphatic rings. The summed E-state index contributed by atoms with van der Waals surface area (Å²) >= 11 is 0. The van der Waals surface area contributed by atoms with E-state index in [9.17, 15) is 9.59 Å². The molecule has 2 aromatic rings. The van der Waals surface area contributed by atoms with Crippen LogP contribution in [0.3, 0.4) is 0 Å². The number of para-hydroxylation sites is 1. The Bertz CT molecular complexity index is 1050. The molecule has 1 N–H and O–H groups in total. The second kappa shape index (κ2) is 10.0. The van der Waals surface area contributed by atoms with E-state index in [0.717, 1.165) is 18.7 Å². The number of hydrogen-bond donors (Lipinski definition) is 1. The molecule has 0 aliphatic carbocycles. The molecule has 1 aliphatic heterocycles. The number of ether oxygens (including phenoxy) is 1. The number of esters is 1. The first kappa shape index (κ1) is 24.2. The minimum Gasteiger partial charge on any atom is -0.460 e. The van der Waals surface area contributed by atoms with Crippen LogP contribution in [0.4, 0.5) is 5.69 Å². The first-order valence-electron chi connectivity index (χ1n) is 11.3. The van der Waals surface area contributed by atoms with Crippen LogP contribution < -0.4 is 10.3 Å². The lowest BCUT2D eigenvalue weighted by Crippen LogP contribution is -2.31. The maximum Gasteiger partial charge on any atom is 0.315 e. The van der Waals surface area contributed by atoms with Crippen molar-refractivity contribution in [2.75, 3.05) is 11.4 Å². The highest BCUT2D eigenvalue weighted by molar-refractivity contribution is 5.94. The van der Waals surface area contributed by atoms with Crippen molar-refractivity contribution in [3.8, 4) is 0 Å². The summed E-state index contributed by atoms with van der Waals surface area (Å²) in [6, 6.07) is 18.9. The van der Waals surface area contributed by atoms with Crippen LogP contribution in [0, 0.1) is 0 Å². The summed E-state index contributed by atoms with van der Waals surface area (Å²) < 4.78 is 5.17. The molecule has 1 amide bonds. The molecule has 33 heavy (non-hydrogen) atoms. The molecule has 0 spiro atoms. The Balaban J connectivity index is 1.80. The highest BCUT2D eigenvalue weighted by Gasteiger charge is 2.42. The van der Waals surface area contributed by atoms with E-state index >= 15 is 0 Å². The third kappa shape index (κ3) is 5.89. The second-order valence-corrected chi connectivity index (χ2v) is 9.38. The number of carbonyl (C=O) groups excluding carboxylic acids is 2. The summed E-state index contributed by atoms with van der Waals surface area (Å²) in [4.78, 5) is 26.2. The van der Waals surface area contributed by atoms with E-state index in [1.165, 1.54) is 16.8 Å². The van der Waals surface area contributed by atoms with Crippen molar-refractivity contribution in [1.29, 1.82) is 0 Å². The van der Waals surface area contributed by atoms with Crippen LogP contribution in [0.5, 0.6) is 0 Å². The molecule has 3 rings (SSSR count). The number of amides is 1. The van der Waals surface area contributed by atoms with Gasteiger partial charge < -0.3 is 9.64 Å². The van der Waals surface area contributed by atoms with Crippen molar-refractivity contribution in [1.82, 2.24) is 5.43 Å². The summed E-state index contributed by atoms with van der Waals surface area (Å²) in [7, 11) is 0. The van der Waals surface area contributed by atoms with Gasteiger partial charge in [0.15, 0.2) is 0 Å². The molecule has 6 heteroatoms. The maximum absolute atomic E-state index is 12.0. The first-order valence-corrected chi connectivity index (χ1v) is 11.3. The van der Waals surface area contributed by atoms with Gasteiger partial charge in [0.1, 0.15) is 12.0 Å². The predicted octanol–water partition coefficient (Wildman–Crippen LogP) is 4.74. The van der Waals surface area contributed by atoms with Crippen molar-refractivity contribution in [2.24, 2.45) is 5.10 Å². The lowest BCUT2D eigenvalue weighted by molar-refractivity contribution is -0.156. The lowest BCUT2D eigenvalue weighted by Gasteiger charge is -2.30. The quantitative estimate of drug-likeness (QED) is 0.288. The molecule has 1 atom stereocenters. The number of rotatable bonds is 7. The molecule has 0 saturated heterocycles. The molecular formula is C27H33N3O3. The summed E-state index contributed by atoms with van der Waals surface area (Å²) in [6.07, 6.45) is 4.00. The fraction of sp³-hybridized carbons (Fsp3) is 0.370. The number of allylic oxidation sites excluding steroid dienone is 2. The highest BCUT2D eigenvalue weighted by Crippen LogP contribution is 2.49. The Hall–Kier alpha value is -3.41. The van der Waals surface area contributed by atoms with Crippen LogP contribution in [0.15, 0.2) is 71.5 Å². The topological polar surface area (TPSA) is 71.0 Å². The third-order valence-corrected chi connectivity index (χ3v) is 5.58. The zero-order chi connectivity index (χ0) is 24.1.